The standard InChI is InChI=1S/C7H8.C6H15NO3.2H3N/c1-7-5-3-2-4-6-7;8-4-1-7(2-5-9)3-6-10;;/h2-6H,1H3;8-10H,1-6H2;2*1H3. The Morgan fingerprint density at radius 3 is 1.37 bits per heavy atom. The van der Waals surface area contributed by atoms with Crippen LogP contribution in [-0.4, -0.2) is 59.7 Å². The molecule has 9 N–H and O–H groups in total. The fourth-order valence-electron chi connectivity index (χ4n) is 1.29. The second kappa shape index (κ2) is 17.0. The van der Waals surface area contributed by atoms with E-state index < -0.39 is 0 Å². The highest BCUT2D eigenvalue weighted by atomic mass is 16.3. The molecule has 114 valence electrons. The van der Waals surface area contributed by atoms with E-state index >= 15 is 0 Å². The SMILES string of the molecule is Cc1ccccc1.N.N.OCCN(CCO)CCO. The summed E-state index contributed by atoms with van der Waals surface area (Å²) in [4.78, 5) is 1.79. The number of hydrogen-bond donors (Lipinski definition) is 5. The Labute approximate surface area is 115 Å². The summed E-state index contributed by atoms with van der Waals surface area (Å²) in [7, 11) is 0. The number of hydrogen-bond acceptors (Lipinski definition) is 6. The van der Waals surface area contributed by atoms with E-state index in [0.717, 1.165) is 0 Å². The summed E-state index contributed by atoms with van der Waals surface area (Å²) in [5, 5.41) is 25.5. The molecular weight excluding hydrogens is 246 g/mol. The topological polar surface area (TPSA) is 134 Å². The van der Waals surface area contributed by atoms with Crippen LogP contribution in [0, 0.1) is 6.92 Å². The third-order valence-electron chi connectivity index (χ3n) is 2.19. The monoisotopic (exact) mass is 275 g/mol. The van der Waals surface area contributed by atoms with Gasteiger partial charge in [0.15, 0.2) is 0 Å². The van der Waals surface area contributed by atoms with Crippen LogP contribution >= 0.6 is 0 Å². The lowest BCUT2D eigenvalue weighted by molar-refractivity contribution is 0.136. The zero-order valence-corrected chi connectivity index (χ0v) is 11.8. The van der Waals surface area contributed by atoms with E-state index in [0.29, 0.717) is 19.6 Å². The first-order valence-electron chi connectivity index (χ1n) is 5.81. The maximum Gasteiger partial charge on any atom is 0.0558 e. The van der Waals surface area contributed by atoms with E-state index in [4.69, 9.17) is 15.3 Å². The fraction of sp³-hybridized carbons (Fsp3) is 0.538. The number of aliphatic hydroxyl groups is 3. The van der Waals surface area contributed by atoms with E-state index in [1.165, 1.54) is 5.56 Å². The summed E-state index contributed by atoms with van der Waals surface area (Å²) in [6.45, 7) is 3.84. The van der Waals surface area contributed by atoms with Crippen LogP contribution < -0.4 is 12.3 Å². The minimum Gasteiger partial charge on any atom is -0.395 e. The highest BCUT2D eigenvalue weighted by Gasteiger charge is 2.00. The number of aliphatic hydroxyl groups excluding tert-OH is 3. The van der Waals surface area contributed by atoms with Gasteiger partial charge in [-0.05, 0) is 6.92 Å². The molecule has 19 heavy (non-hydrogen) atoms. The molecule has 0 aliphatic rings. The minimum atomic E-state index is 0. The molecule has 6 heteroatoms. The second-order valence-corrected chi connectivity index (χ2v) is 3.67. The first-order valence-corrected chi connectivity index (χ1v) is 5.81. The number of aryl methyl sites for hydroxylation is 1. The van der Waals surface area contributed by atoms with Gasteiger partial charge in [0.25, 0.3) is 0 Å². The van der Waals surface area contributed by atoms with Gasteiger partial charge in [-0.2, -0.15) is 0 Å². The molecular formula is C13H29N3O3. The highest BCUT2D eigenvalue weighted by Crippen LogP contribution is 1.92. The maximum absolute atomic E-state index is 8.48. The predicted molar refractivity (Wildman–Crippen MR) is 78.9 cm³/mol. The molecule has 0 fully saturated rings. The van der Waals surface area contributed by atoms with Crippen molar-refractivity contribution in [2.45, 2.75) is 6.92 Å². The van der Waals surface area contributed by atoms with Crippen molar-refractivity contribution in [2.75, 3.05) is 39.5 Å². The molecule has 0 heterocycles. The largest absolute Gasteiger partial charge is 0.395 e. The van der Waals surface area contributed by atoms with Crippen LogP contribution in [0.2, 0.25) is 0 Å². The summed E-state index contributed by atoms with van der Waals surface area (Å²) in [5.41, 5.74) is 1.32. The maximum atomic E-state index is 8.48. The van der Waals surface area contributed by atoms with Crippen LogP contribution in [0.25, 0.3) is 0 Å². The van der Waals surface area contributed by atoms with Gasteiger partial charge in [-0.3, -0.25) is 4.90 Å². The molecule has 0 saturated carbocycles. The molecule has 0 atom stereocenters. The Bertz CT molecular complexity index is 246. The van der Waals surface area contributed by atoms with E-state index in [1.54, 1.807) is 4.90 Å². The van der Waals surface area contributed by atoms with Crippen molar-refractivity contribution in [3.05, 3.63) is 35.9 Å². The van der Waals surface area contributed by atoms with E-state index in [2.05, 4.69) is 19.1 Å². The fourth-order valence-corrected chi connectivity index (χ4v) is 1.29. The van der Waals surface area contributed by atoms with Crippen molar-refractivity contribution >= 4 is 0 Å². The molecule has 0 amide bonds. The number of rotatable bonds is 6. The van der Waals surface area contributed by atoms with Gasteiger partial charge in [-0.15, -0.1) is 0 Å². The third kappa shape index (κ3) is 14.9. The summed E-state index contributed by atoms with van der Waals surface area (Å²) >= 11 is 0. The lowest BCUT2D eigenvalue weighted by atomic mass is 10.2. The zero-order valence-electron chi connectivity index (χ0n) is 11.8. The average Bonchev–Trinajstić information content (AvgIpc) is 2.32. The zero-order chi connectivity index (χ0) is 12.9. The normalized spacial score (nSPS) is 8.89. The minimum absolute atomic E-state index is 0. The van der Waals surface area contributed by atoms with Crippen molar-refractivity contribution < 1.29 is 15.3 Å². The van der Waals surface area contributed by atoms with Crippen molar-refractivity contribution in [1.82, 2.24) is 17.2 Å². The lowest BCUT2D eigenvalue weighted by Gasteiger charge is -2.17. The van der Waals surface area contributed by atoms with E-state index in [1.807, 2.05) is 18.2 Å². The predicted octanol–water partition coefficient (Wildman–Crippen LogP) is 0.584. The smallest absolute Gasteiger partial charge is 0.0558 e. The van der Waals surface area contributed by atoms with Crippen molar-refractivity contribution in [3.63, 3.8) is 0 Å². The molecule has 0 unspecified atom stereocenters. The van der Waals surface area contributed by atoms with E-state index in [9.17, 15) is 0 Å². The molecule has 0 bridgehead atoms. The Morgan fingerprint density at radius 1 is 0.789 bits per heavy atom. The number of benzene rings is 1. The van der Waals surface area contributed by atoms with Gasteiger partial charge < -0.3 is 27.6 Å². The number of nitrogens with zero attached hydrogens (tertiary/aromatic N) is 1. The van der Waals surface area contributed by atoms with E-state index in [-0.39, 0.29) is 32.1 Å². The van der Waals surface area contributed by atoms with Gasteiger partial charge in [0.1, 0.15) is 0 Å². The van der Waals surface area contributed by atoms with Crippen LogP contribution in [0.15, 0.2) is 30.3 Å². The summed E-state index contributed by atoms with van der Waals surface area (Å²) < 4.78 is 0. The molecule has 0 aliphatic carbocycles. The Balaban J connectivity index is -0.000000253. The molecule has 0 radical (unpaired) electrons. The highest BCUT2D eigenvalue weighted by molar-refractivity contribution is 5.11. The van der Waals surface area contributed by atoms with Gasteiger partial charge in [0, 0.05) is 19.6 Å². The molecule has 0 aliphatic heterocycles. The quantitative estimate of drug-likeness (QED) is 0.515. The Kier molecular flexibility index (Phi) is 20.6. The molecule has 0 spiro atoms. The van der Waals surface area contributed by atoms with Crippen LogP contribution in [-0.2, 0) is 0 Å². The van der Waals surface area contributed by atoms with Crippen molar-refractivity contribution in [3.8, 4) is 0 Å². The van der Waals surface area contributed by atoms with Gasteiger partial charge in [0.05, 0.1) is 19.8 Å². The third-order valence-corrected chi connectivity index (χ3v) is 2.19. The summed E-state index contributed by atoms with van der Waals surface area (Å²) in [6, 6.07) is 10.3. The molecule has 1 aromatic carbocycles. The van der Waals surface area contributed by atoms with Gasteiger partial charge in [-0.1, -0.05) is 35.9 Å². The Hall–Kier alpha value is -1.02. The molecule has 6 nitrogen and oxygen atoms in total. The molecule has 0 aromatic heterocycles. The van der Waals surface area contributed by atoms with Crippen LogP contribution in [0.5, 0.6) is 0 Å². The summed E-state index contributed by atoms with van der Waals surface area (Å²) in [5.74, 6) is 0. The second-order valence-electron chi connectivity index (χ2n) is 3.67. The van der Waals surface area contributed by atoms with Gasteiger partial charge in [0.2, 0.25) is 0 Å². The summed E-state index contributed by atoms with van der Waals surface area (Å²) in [6.07, 6.45) is 0. The molecule has 1 rings (SSSR count). The van der Waals surface area contributed by atoms with Crippen LogP contribution in [0.4, 0.5) is 0 Å². The molecule has 1 aromatic rings. The van der Waals surface area contributed by atoms with Crippen LogP contribution in [0.3, 0.4) is 0 Å². The van der Waals surface area contributed by atoms with Gasteiger partial charge >= 0.3 is 0 Å². The Morgan fingerprint density at radius 2 is 1.16 bits per heavy atom. The van der Waals surface area contributed by atoms with Crippen LogP contribution in [0.1, 0.15) is 5.56 Å². The van der Waals surface area contributed by atoms with Gasteiger partial charge in [-0.25, -0.2) is 0 Å². The lowest BCUT2D eigenvalue weighted by Crippen LogP contribution is -2.32. The molecule has 0 saturated heterocycles. The van der Waals surface area contributed by atoms with Crippen molar-refractivity contribution in [2.24, 2.45) is 0 Å². The van der Waals surface area contributed by atoms with Crippen molar-refractivity contribution in [1.29, 1.82) is 0 Å². The first kappa shape index (κ1) is 23.1. The average molecular weight is 275 g/mol. The first-order chi connectivity index (χ1) is 8.24.